The number of primary amides is 1. The van der Waals surface area contributed by atoms with E-state index in [4.69, 9.17) is 10.5 Å². The SMILES string of the molecule is COC(=O)C1=C(CN2CCC(C(N)=O)CC2)NC(=O)NC1c1ccccc1. The van der Waals surface area contributed by atoms with Crippen molar-refractivity contribution in [1.82, 2.24) is 15.5 Å². The normalized spacial score (nSPS) is 21.4. The first-order chi connectivity index (χ1) is 13.0. The van der Waals surface area contributed by atoms with Crippen LogP contribution < -0.4 is 16.4 Å². The van der Waals surface area contributed by atoms with Crippen LogP contribution in [0.2, 0.25) is 0 Å². The molecular formula is C19H24N4O4. The summed E-state index contributed by atoms with van der Waals surface area (Å²) in [7, 11) is 1.32. The van der Waals surface area contributed by atoms with Crippen LogP contribution in [0.4, 0.5) is 4.79 Å². The van der Waals surface area contributed by atoms with Gasteiger partial charge in [-0.3, -0.25) is 9.69 Å². The lowest BCUT2D eigenvalue weighted by Crippen LogP contribution is -2.49. The fourth-order valence-electron chi connectivity index (χ4n) is 3.59. The quantitative estimate of drug-likeness (QED) is 0.657. The van der Waals surface area contributed by atoms with Crippen LogP contribution in [0.3, 0.4) is 0 Å². The first kappa shape index (κ1) is 18.9. The van der Waals surface area contributed by atoms with E-state index < -0.39 is 12.0 Å². The Kier molecular flexibility index (Phi) is 5.75. The van der Waals surface area contributed by atoms with Crippen LogP contribution in [0.15, 0.2) is 41.6 Å². The van der Waals surface area contributed by atoms with Crippen LogP contribution in [-0.2, 0) is 14.3 Å². The summed E-state index contributed by atoms with van der Waals surface area (Å²) in [6.45, 7) is 1.74. The van der Waals surface area contributed by atoms with E-state index in [-0.39, 0.29) is 17.9 Å². The molecule has 1 saturated heterocycles. The molecule has 8 nitrogen and oxygen atoms in total. The Morgan fingerprint density at radius 3 is 2.48 bits per heavy atom. The minimum atomic E-state index is -0.578. The number of rotatable bonds is 5. The van der Waals surface area contributed by atoms with Gasteiger partial charge in [0.15, 0.2) is 0 Å². The van der Waals surface area contributed by atoms with Gasteiger partial charge in [-0.15, -0.1) is 0 Å². The van der Waals surface area contributed by atoms with Crippen molar-refractivity contribution in [3.63, 3.8) is 0 Å². The molecule has 2 aliphatic heterocycles. The Labute approximate surface area is 157 Å². The predicted octanol–water partition coefficient (Wildman–Crippen LogP) is 0.665. The highest BCUT2D eigenvalue weighted by Gasteiger charge is 2.34. The van der Waals surface area contributed by atoms with E-state index in [1.54, 1.807) is 0 Å². The molecule has 0 bridgehead atoms. The van der Waals surface area contributed by atoms with Gasteiger partial charge in [-0.25, -0.2) is 9.59 Å². The van der Waals surface area contributed by atoms with E-state index in [2.05, 4.69) is 15.5 Å². The number of likely N-dealkylation sites (tertiary alicyclic amines) is 1. The zero-order chi connectivity index (χ0) is 19.4. The van der Waals surface area contributed by atoms with Gasteiger partial charge in [0.05, 0.1) is 18.7 Å². The standard InChI is InChI=1S/C19H24N4O4/c1-27-18(25)15-14(11-23-9-7-13(8-10-23)17(20)24)21-19(26)22-16(15)12-5-3-2-4-6-12/h2-6,13,16H,7-11H2,1H3,(H2,20,24)(H2,21,22,26). The lowest BCUT2D eigenvalue weighted by atomic mass is 9.93. The lowest BCUT2D eigenvalue weighted by molar-refractivity contribution is -0.136. The number of nitrogens with one attached hydrogen (secondary N) is 2. The van der Waals surface area contributed by atoms with Crippen LogP contribution in [0.5, 0.6) is 0 Å². The molecule has 3 rings (SSSR count). The second kappa shape index (κ2) is 8.22. The molecule has 8 heteroatoms. The molecule has 0 aromatic heterocycles. The third-order valence-corrected chi connectivity index (χ3v) is 5.06. The smallest absolute Gasteiger partial charge is 0.338 e. The zero-order valence-electron chi connectivity index (χ0n) is 15.2. The summed E-state index contributed by atoms with van der Waals surface area (Å²) < 4.78 is 4.98. The van der Waals surface area contributed by atoms with Gasteiger partial charge in [0.1, 0.15) is 0 Å². The third-order valence-electron chi connectivity index (χ3n) is 5.06. The summed E-state index contributed by atoms with van der Waals surface area (Å²) in [4.78, 5) is 38.2. The van der Waals surface area contributed by atoms with Gasteiger partial charge in [0.25, 0.3) is 0 Å². The van der Waals surface area contributed by atoms with Gasteiger partial charge >= 0.3 is 12.0 Å². The number of carbonyl (C=O) groups is 3. The van der Waals surface area contributed by atoms with Crippen LogP contribution in [0, 0.1) is 5.92 Å². The van der Waals surface area contributed by atoms with E-state index >= 15 is 0 Å². The van der Waals surface area contributed by atoms with E-state index in [1.165, 1.54) is 7.11 Å². The second-order valence-electron chi connectivity index (χ2n) is 6.78. The van der Waals surface area contributed by atoms with Gasteiger partial charge in [0, 0.05) is 18.2 Å². The molecule has 0 radical (unpaired) electrons. The third kappa shape index (κ3) is 4.28. The summed E-state index contributed by atoms with van der Waals surface area (Å²) in [6.07, 6.45) is 1.34. The average molecular weight is 372 g/mol. The molecule has 0 aliphatic carbocycles. The van der Waals surface area contributed by atoms with Crippen molar-refractivity contribution in [1.29, 1.82) is 0 Å². The molecule has 0 saturated carbocycles. The van der Waals surface area contributed by atoms with Crippen LogP contribution >= 0.6 is 0 Å². The summed E-state index contributed by atoms with van der Waals surface area (Å²) in [5, 5.41) is 5.56. The van der Waals surface area contributed by atoms with Crippen LogP contribution in [0.25, 0.3) is 0 Å². The molecule has 27 heavy (non-hydrogen) atoms. The molecule has 3 amide bonds. The van der Waals surface area contributed by atoms with Crippen molar-refractivity contribution in [2.75, 3.05) is 26.7 Å². The monoisotopic (exact) mass is 372 g/mol. The van der Waals surface area contributed by atoms with Crippen molar-refractivity contribution in [2.24, 2.45) is 11.7 Å². The summed E-state index contributed by atoms with van der Waals surface area (Å²) in [6, 6.07) is 8.35. The van der Waals surface area contributed by atoms with Gasteiger partial charge in [-0.05, 0) is 31.5 Å². The first-order valence-electron chi connectivity index (χ1n) is 8.95. The number of nitrogens with zero attached hydrogens (tertiary/aromatic N) is 1. The molecule has 0 spiro atoms. The number of ether oxygens (including phenoxy) is 1. The van der Waals surface area contributed by atoms with Crippen molar-refractivity contribution < 1.29 is 19.1 Å². The Morgan fingerprint density at radius 1 is 1.22 bits per heavy atom. The molecule has 1 aromatic rings. The van der Waals surface area contributed by atoms with E-state index in [9.17, 15) is 14.4 Å². The number of piperidine rings is 1. The Balaban J connectivity index is 1.86. The number of nitrogens with two attached hydrogens (primary N) is 1. The van der Waals surface area contributed by atoms with E-state index in [0.29, 0.717) is 43.7 Å². The Bertz CT molecular complexity index is 754. The zero-order valence-corrected chi connectivity index (χ0v) is 15.2. The Hall–Kier alpha value is -2.87. The molecule has 144 valence electrons. The van der Waals surface area contributed by atoms with E-state index in [1.807, 2.05) is 30.3 Å². The average Bonchev–Trinajstić information content (AvgIpc) is 2.68. The first-order valence-corrected chi connectivity index (χ1v) is 8.95. The minimum absolute atomic E-state index is 0.116. The van der Waals surface area contributed by atoms with Crippen molar-refractivity contribution in [2.45, 2.75) is 18.9 Å². The van der Waals surface area contributed by atoms with E-state index in [0.717, 1.165) is 5.56 Å². The van der Waals surface area contributed by atoms with Gasteiger partial charge in [0.2, 0.25) is 5.91 Å². The highest BCUT2D eigenvalue weighted by molar-refractivity contribution is 5.95. The number of hydrogen-bond donors (Lipinski definition) is 3. The second-order valence-corrected chi connectivity index (χ2v) is 6.78. The summed E-state index contributed by atoms with van der Waals surface area (Å²) in [5.41, 5.74) is 7.10. The highest BCUT2D eigenvalue weighted by Crippen LogP contribution is 2.28. The number of carbonyl (C=O) groups excluding carboxylic acids is 3. The fraction of sp³-hybridized carbons (Fsp3) is 0.421. The van der Waals surface area contributed by atoms with Crippen LogP contribution in [-0.4, -0.2) is 49.6 Å². The molecule has 1 unspecified atom stereocenters. The molecule has 2 heterocycles. The number of hydrogen-bond acceptors (Lipinski definition) is 5. The molecule has 1 aromatic carbocycles. The molecular weight excluding hydrogens is 348 g/mol. The van der Waals surface area contributed by atoms with Crippen molar-refractivity contribution >= 4 is 17.9 Å². The molecule has 1 atom stereocenters. The van der Waals surface area contributed by atoms with Crippen molar-refractivity contribution in [3.05, 3.63) is 47.2 Å². The number of amides is 3. The molecule has 1 fully saturated rings. The van der Waals surface area contributed by atoms with Crippen molar-refractivity contribution in [3.8, 4) is 0 Å². The fourth-order valence-corrected chi connectivity index (χ4v) is 3.59. The highest BCUT2D eigenvalue weighted by atomic mass is 16.5. The maximum Gasteiger partial charge on any atom is 0.338 e. The van der Waals surface area contributed by atoms with Gasteiger partial charge < -0.3 is 21.1 Å². The summed E-state index contributed by atoms with van der Waals surface area (Å²) in [5.74, 6) is -0.878. The number of urea groups is 1. The number of esters is 1. The molecule has 2 aliphatic rings. The number of methoxy groups -OCH3 is 1. The minimum Gasteiger partial charge on any atom is -0.466 e. The largest absolute Gasteiger partial charge is 0.466 e. The lowest BCUT2D eigenvalue weighted by Gasteiger charge is -2.34. The Morgan fingerprint density at radius 2 is 1.89 bits per heavy atom. The summed E-state index contributed by atoms with van der Waals surface area (Å²) >= 11 is 0. The van der Waals surface area contributed by atoms with Gasteiger partial charge in [-0.2, -0.15) is 0 Å². The number of benzene rings is 1. The maximum atomic E-state index is 12.5. The van der Waals surface area contributed by atoms with Crippen LogP contribution in [0.1, 0.15) is 24.4 Å². The topological polar surface area (TPSA) is 114 Å². The molecule has 4 N–H and O–H groups in total. The maximum absolute atomic E-state index is 12.5. The predicted molar refractivity (Wildman–Crippen MR) is 98.3 cm³/mol. The van der Waals surface area contributed by atoms with Gasteiger partial charge in [-0.1, -0.05) is 30.3 Å².